The van der Waals surface area contributed by atoms with Crippen molar-refractivity contribution in [3.05, 3.63) is 64.9 Å². The number of aromatic nitrogens is 3. The number of fused-ring (bicyclic) bond motifs is 1. The van der Waals surface area contributed by atoms with E-state index in [1.54, 1.807) is 24.1 Å². The Balaban J connectivity index is 1.65. The van der Waals surface area contributed by atoms with Crippen LogP contribution in [0.1, 0.15) is 21.7 Å². The molecule has 3 heterocycles. The first-order valence-electron chi connectivity index (χ1n) is 8.88. The average Bonchev–Trinajstić information content (AvgIpc) is 3.05. The summed E-state index contributed by atoms with van der Waals surface area (Å²) in [6.45, 7) is 0.614. The predicted molar refractivity (Wildman–Crippen MR) is 97.8 cm³/mol. The summed E-state index contributed by atoms with van der Waals surface area (Å²) in [7, 11) is 3.15. The van der Waals surface area contributed by atoms with Crippen molar-refractivity contribution in [2.24, 2.45) is 7.05 Å². The molecule has 0 bridgehead atoms. The van der Waals surface area contributed by atoms with E-state index in [0.29, 0.717) is 30.1 Å². The number of aryl methyl sites for hydroxylation is 1. The quantitative estimate of drug-likeness (QED) is 0.632. The lowest BCUT2D eigenvalue weighted by atomic mass is 9.99. The molecule has 150 valence electrons. The van der Waals surface area contributed by atoms with Gasteiger partial charge in [0.15, 0.2) is 17.5 Å². The van der Waals surface area contributed by atoms with Gasteiger partial charge in [0.1, 0.15) is 11.4 Å². The van der Waals surface area contributed by atoms with Crippen molar-refractivity contribution in [3.63, 3.8) is 0 Å². The van der Waals surface area contributed by atoms with Gasteiger partial charge in [0.25, 0.3) is 5.91 Å². The zero-order chi connectivity index (χ0) is 20.7. The third-order valence-corrected chi connectivity index (χ3v) is 4.93. The van der Waals surface area contributed by atoms with E-state index in [2.05, 4.69) is 10.1 Å². The molecule has 0 aliphatic carbocycles. The van der Waals surface area contributed by atoms with Crippen LogP contribution >= 0.6 is 0 Å². The van der Waals surface area contributed by atoms with Gasteiger partial charge in [-0.3, -0.25) is 14.5 Å². The maximum atomic E-state index is 13.7. The number of hydrogen-bond acceptors (Lipinski definition) is 4. The zero-order valence-electron chi connectivity index (χ0n) is 15.7. The lowest BCUT2D eigenvalue weighted by Gasteiger charge is -2.26. The molecule has 2 aromatic heterocycles. The molecule has 0 radical (unpaired) electrons. The van der Waals surface area contributed by atoms with Crippen molar-refractivity contribution in [1.82, 2.24) is 19.7 Å². The first-order chi connectivity index (χ1) is 13.9. The van der Waals surface area contributed by atoms with Crippen LogP contribution in [0.15, 0.2) is 30.5 Å². The van der Waals surface area contributed by atoms with Crippen LogP contribution in [0.2, 0.25) is 0 Å². The van der Waals surface area contributed by atoms with Gasteiger partial charge < -0.3 is 9.64 Å². The lowest BCUT2D eigenvalue weighted by molar-refractivity contribution is 0.0726. The Bertz CT molecular complexity index is 1090. The van der Waals surface area contributed by atoms with Crippen LogP contribution in [0, 0.1) is 17.5 Å². The average molecular weight is 402 g/mol. The molecule has 0 spiro atoms. The summed E-state index contributed by atoms with van der Waals surface area (Å²) in [5.41, 5.74) is 2.36. The van der Waals surface area contributed by atoms with E-state index >= 15 is 0 Å². The molecule has 1 amide bonds. The number of ether oxygens (including phenoxy) is 1. The van der Waals surface area contributed by atoms with Gasteiger partial charge in [0, 0.05) is 37.0 Å². The molecule has 0 atom stereocenters. The standard InChI is InChI=1S/C20H17F3N4O2/c1-26-19(11-7-14(21)18(23)15(22)8-11)13-4-6-27(10-17(13)25-26)20(28)16-9-12(29-2)3-5-24-16/h3,5,7-9H,4,6,10H2,1-2H3. The molecule has 0 unspecified atom stereocenters. The Labute approximate surface area is 164 Å². The SMILES string of the molecule is COc1ccnc(C(=O)N2CCc3c(nn(C)c3-c3cc(F)c(F)c(F)c3)C2)c1. The fourth-order valence-corrected chi connectivity index (χ4v) is 3.56. The van der Waals surface area contributed by atoms with Crippen molar-refractivity contribution < 1.29 is 22.7 Å². The summed E-state index contributed by atoms with van der Waals surface area (Å²) in [6.07, 6.45) is 1.94. The minimum Gasteiger partial charge on any atom is -0.497 e. The van der Waals surface area contributed by atoms with E-state index in [4.69, 9.17) is 4.74 Å². The smallest absolute Gasteiger partial charge is 0.272 e. The molecule has 0 saturated carbocycles. The Morgan fingerprint density at radius 2 is 1.90 bits per heavy atom. The Kier molecular flexibility index (Phi) is 4.73. The molecular weight excluding hydrogens is 385 g/mol. The second kappa shape index (κ2) is 7.23. The van der Waals surface area contributed by atoms with Gasteiger partial charge in [0.2, 0.25) is 0 Å². The highest BCUT2D eigenvalue weighted by molar-refractivity contribution is 5.92. The van der Waals surface area contributed by atoms with Crippen molar-refractivity contribution in [2.75, 3.05) is 13.7 Å². The first kappa shape index (κ1) is 19.0. The number of carbonyl (C=O) groups excluding carboxylic acids is 1. The third-order valence-electron chi connectivity index (χ3n) is 4.93. The largest absolute Gasteiger partial charge is 0.497 e. The second-order valence-electron chi connectivity index (χ2n) is 6.71. The highest BCUT2D eigenvalue weighted by Gasteiger charge is 2.29. The number of hydrogen-bond donors (Lipinski definition) is 0. The van der Waals surface area contributed by atoms with E-state index in [0.717, 1.165) is 17.7 Å². The van der Waals surface area contributed by atoms with Crippen molar-refractivity contribution >= 4 is 5.91 Å². The monoisotopic (exact) mass is 402 g/mol. The fourth-order valence-electron chi connectivity index (χ4n) is 3.56. The van der Waals surface area contributed by atoms with Crippen LogP contribution in [-0.4, -0.2) is 39.2 Å². The lowest BCUT2D eigenvalue weighted by Crippen LogP contribution is -2.36. The molecule has 0 N–H and O–H groups in total. The highest BCUT2D eigenvalue weighted by atomic mass is 19.2. The van der Waals surface area contributed by atoms with Crippen LogP contribution in [0.5, 0.6) is 5.75 Å². The van der Waals surface area contributed by atoms with Crippen molar-refractivity contribution in [2.45, 2.75) is 13.0 Å². The normalized spacial score (nSPS) is 13.3. The van der Waals surface area contributed by atoms with Gasteiger partial charge in [-0.05, 0) is 24.6 Å². The maximum absolute atomic E-state index is 13.7. The number of benzene rings is 1. The van der Waals surface area contributed by atoms with E-state index in [1.807, 2.05) is 0 Å². The van der Waals surface area contributed by atoms with Gasteiger partial charge in [-0.2, -0.15) is 5.10 Å². The minimum atomic E-state index is -1.51. The van der Waals surface area contributed by atoms with Crippen molar-refractivity contribution in [3.8, 4) is 17.0 Å². The molecule has 0 saturated heterocycles. The molecule has 3 aromatic rings. The topological polar surface area (TPSA) is 60.2 Å². The molecular formula is C20H17F3N4O2. The number of nitrogens with zero attached hydrogens (tertiary/aromatic N) is 4. The van der Waals surface area contributed by atoms with Gasteiger partial charge in [-0.15, -0.1) is 0 Å². The van der Waals surface area contributed by atoms with Crippen LogP contribution < -0.4 is 4.74 Å². The summed E-state index contributed by atoms with van der Waals surface area (Å²) in [4.78, 5) is 18.5. The van der Waals surface area contributed by atoms with Crippen LogP contribution in [0.4, 0.5) is 13.2 Å². The summed E-state index contributed by atoms with van der Waals surface area (Å²) < 4.78 is 47.3. The van der Waals surface area contributed by atoms with Gasteiger partial charge >= 0.3 is 0 Å². The van der Waals surface area contributed by atoms with Crippen molar-refractivity contribution in [1.29, 1.82) is 0 Å². The molecule has 4 rings (SSSR count). The first-order valence-corrected chi connectivity index (χ1v) is 8.88. The van der Waals surface area contributed by atoms with E-state index in [9.17, 15) is 18.0 Å². The maximum Gasteiger partial charge on any atom is 0.272 e. The summed E-state index contributed by atoms with van der Waals surface area (Å²) in [5, 5.41) is 4.41. The predicted octanol–water partition coefficient (Wildman–Crippen LogP) is 3.11. The molecule has 1 aromatic carbocycles. The Morgan fingerprint density at radius 3 is 2.59 bits per heavy atom. The number of amides is 1. The molecule has 29 heavy (non-hydrogen) atoms. The number of carbonyl (C=O) groups is 1. The zero-order valence-corrected chi connectivity index (χ0v) is 15.7. The third kappa shape index (κ3) is 3.32. The molecule has 1 aliphatic heterocycles. The number of rotatable bonds is 3. The molecule has 1 aliphatic rings. The van der Waals surface area contributed by atoms with Crippen LogP contribution in [0.3, 0.4) is 0 Å². The highest BCUT2D eigenvalue weighted by Crippen LogP contribution is 2.32. The second-order valence-corrected chi connectivity index (χ2v) is 6.71. The van der Waals surface area contributed by atoms with Gasteiger partial charge in [0.05, 0.1) is 25.0 Å². The van der Waals surface area contributed by atoms with E-state index in [-0.39, 0.29) is 23.7 Å². The van der Waals surface area contributed by atoms with E-state index < -0.39 is 17.5 Å². The summed E-state index contributed by atoms with van der Waals surface area (Å²) in [5.74, 6) is -3.76. The number of pyridine rings is 1. The fraction of sp³-hybridized carbons (Fsp3) is 0.250. The summed E-state index contributed by atoms with van der Waals surface area (Å²) >= 11 is 0. The molecule has 0 fully saturated rings. The number of methoxy groups -OCH3 is 1. The van der Waals surface area contributed by atoms with Crippen LogP contribution in [0.25, 0.3) is 11.3 Å². The van der Waals surface area contributed by atoms with Gasteiger partial charge in [-0.25, -0.2) is 13.2 Å². The summed E-state index contributed by atoms with van der Waals surface area (Å²) in [6, 6.07) is 5.11. The molecule has 6 nitrogen and oxygen atoms in total. The Morgan fingerprint density at radius 1 is 1.17 bits per heavy atom. The minimum absolute atomic E-state index is 0.201. The molecule has 9 heteroatoms. The van der Waals surface area contributed by atoms with Crippen LogP contribution in [-0.2, 0) is 20.0 Å². The van der Waals surface area contributed by atoms with Gasteiger partial charge in [-0.1, -0.05) is 0 Å². The van der Waals surface area contributed by atoms with E-state index in [1.165, 1.54) is 18.0 Å². The Hall–Kier alpha value is -3.36. The number of halogens is 3.